The van der Waals surface area contributed by atoms with Crippen LogP contribution in [0.2, 0.25) is 4.34 Å². The van der Waals surface area contributed by atoms with Crippen molar-refractivity contribution in [3.8, 4) is 0 Å². The van der Waals surface area contributed by atoms with Crippen LogP contribution in [0.25, 0.3) is 0 Å². The third kappa shape index (κ3) is 3.08. The maximum atomic E-state index is 10.5. The number of hydrogen-bond acceptors (Lipinski definition) is 2. The second-order valence-electron chi connectivity index (χ2n) is 1.38. The summed E-state index contributed by atoms with van der Waals surface area (Å²) in [5, 5.41) is 0. The average Bonchev–Trinajstić information content (AvgIpc) is 1.85. The molecule has 61 valence electrons. The normalized spacial score (nSPS) is 7.80. The van der Waals surface area contributed by atoms with Gasteiger partial charge in [0.25, 0.3) is 5.56 Å². The number of hydrogen-bond donors (Lipinski definition) is 0. The van der Waals surface area contributed by atoms with Gasteiger partial charge in [0.05, 0.1) is 0 Å². The van der Waals surface area contributed by atoms with Gasteiger partial charge in [-0.15, -0.1) is 0 Å². The summed E-state index contributed by atoms with van der Waals surface area (Å²) >= 11 is 6.70. The molecule has 1 radical (unpaired) electrons. The minimum absolute atomic E-state index is 0. The summed E-state index contributed by atoms with van der Waals surface area (Å²) in [6.07, 6.45) is 0. The van der Waals surface area contributed by atoms with Crippen LogP contribution in [0.5, 0.6) is 0 Å². The van der Waals surface area contributed by atoms with Gasteiger partial charge in [0.1, 0.15) is 4.34 Å². The van der Waals surface area contributed by atoms with Crippen LogP contribution in [0.4, 0.5) is 0 Å². The molecular weight excluding hydrogens is 245 g/mol. The van der Waals surface area contributed by atoms with Crippen molar-refractivity contribution in [1.82, 2.24) is 3.96 Å². The standard InChI is InChI=1S/C4H4ClNOS.ClH.Cu/c1-6-4(7)2-3(5)8-6;;/h2H,1H3;1H;/q;;+2/p-1. The van der Waals surface area contributed by atoms with Crippen LogP contribution >= 0.6 is 23.1 Å². The van der Waals surface area contributed by atoms with Crippen molar-refractivity contribution in [1.29, 1.82) is 0 Å². The van der Waals surface area contributed by atoms with Crippen LogP contribution in [0, 0.1) is 0 Å². The number of nitrogens with zero attached hydrogens (tertiary/aromatic N) is 1. The number of halogens is 2. The first kappa shape index (κ1) is 13.1. The SMILES string of the molecule is Cn1sc(Cl)cc1=O.[Cl-].[Cu+2]. The van der Waals surface area contributed by atoms with Gasteiger partial charge in [-0.2, -0.15) is 0 Å². The molecular formula is C4H4Cl2CuNOS+. The van der Waals surface area contributed by atoms with Crippen LogP contribution in [0.15, 0.2) is 10.9 Å². The van der Waals surface area contributed by atoms with E-state index < -0.39 is 0 Å². The summed E-state index contributed by atoms with van der Waals surface area (Å²) in [4.78, 5) is 10.5. The quantitative estimate of drug-likeness (QED) is 0.492. The third-order valence-corrected chi connectivity index (χ3v) is 1.83. The van der Waals surface area contributed by atoms with Gasteiger partial charge in [-0.1, -0.05) is 11.6 Å². The first-order valence-electron chi connectivity index (χ1n) is 2.03. The number of aromatic nitrogens is 1. The molecule has 0 saturated heterocycles. The van der Waals surface area contributed by atoms with Gasteiger partial charge in [-0.05, 0) is 11.5 Å². The van der Waals surface area contributed by atoms with Crippen molar-refractivity contribution in [2.75, 3.05) is 0 Å². The van der Waals surface area contributed by atoms with E-state index in [2.05, 4.69) is 0 Å². The summed E-state index contributed by atoms with van der Waals surface area (Å²) in [5.74, 6) is 0. The van der Waals surface area contributed by atoms with E-state index in [9.17, 15) is 4.79 Å². The zero-order chi connectivity index (χ0) is 6.15. The first-order valence-corrected chi connectivity index (χ1v) is 3.18. The van der Waals surface area contributed by atoms with Gasteiger partial charge in [0, 0.05) is 13.1 Å². The van der Waals surface area contributed by atoms with E-state index in [-0.39, 0.29) is 35.0 Å². The van der Waals surface area contributed by atoms with Crippen molar-refractivity contribution < 1.29 is 29.5 Å². The minimum Gasteiger partial charge on any atom is -1.00 e. The van der Waals surface area contributed by atoms with Crippen molar-refractivity contribution in [2.45, 2.75) is 0 Å². The van der Waals surface area contributed by atoms with Crippen LogP contribution in [-0.4, -0.2) is 3.96 Å². The molecule has 0 aliphatic rings. The Morgan fingerprint density at radius 1 is 1.70 bits per heavy atom. The zero-order valence-electron chi connectivity index (χ0n) is 4.90. The third-order valence-electron chi connectivity index (χ3n) is 0.771. The number of rotatable bonds is 0. The fraction of sp³-hybridized carbons (Fsp3) is 0.250. The maximum Gasteiger partial charge on any atom is 2.00 e. The van der Waals surface area contributed by atoms with Crippen molar-refractivity contribution in [3.63, 3.8) is 0 Å². The smallest absolute Gasteiger partial charge is 1.00 e. The Hall–Kier alpha value is 0.529. The van der Waals surface area contributed by atoms with Gasteiger partial charge in [0.15, 0.2) is 0 Å². The second-order valence-corrected chi connectivity index (χ2v) is 3.18. The summed E-state index contributed by atoms with van der Waals surface area (Å²) in [6.45, 7) is 0. The van der Waals surface area contributed by atoms with E-state index in [1.165, 1.54) is 21.6 Å². The first-order chi connectivity index (χ1) is 3.70. The predicted octanol–water partition coefficient (Wildman–Crippen LogP) is -1.90. The summed E-state index contributed by atoms with van der Waals surface area (Å²) in [5.41, 5.74) is -0.0417. The molecule has 0 aliphatic heterocycles. The fourth-order valence-corrected chi connectivity index (χ4v) is 1.35. The van der Waals surface area contributed by atoms with E-state index in [0.717, 1.165) is 0 Å². The molecule has 1 rings (SSSR count). The van der Waals surface area contributed by atoms with Crippen molar-refractivity contribution in [3.05, 3.63) is 20.8 Å². The average molecular weight is 249 g/mol. The van der Waals surface area contributed by atoms with E-state index in [0.29, 0.717) is 4.34 Å². The Balaban J connectivity index is 0. The van der Waals surface area contributed by atoms with Crippen LogP contribution in [-0.2, 0) is 24.1 Å². The van der Waals surface area contributed by atoms with E-state index in [4.69, 9.17) is 11.6 Å². The molecule has 1 aromatic rings. The molecule has 0 saturated carbocycles. The molecule has 0 bridgehead atoms. The molecule has 6 heteroatoms. The minimum atomic E-state index is -0.0417. The van der Waals surface area contributed by atoms with E-state index >= 15 is 0 Å². The van der Waals surface area contributed by atoms with Gasteiger partial charge in [-0.25, -0.2) is 0 Å². The van der Waals surface area contributed by atoms with Gasteiger partial charge in [0.2, 0.25) is 0 Å². The largest absolute Gasteiger partial charge is 2.00 e. The van der Waals surface area contributed by atoms with Gasteiger partial charge >= 0.3 is 17.1 Å². The van der Waals surface area contributed by atoms with E-state index in [1.54, 1.807) is 7.05 Å². The van der Waals surface area contributed by atoms with Crippen molar-refractivity contribution >= 4 is 23.1 Å². The molecule has 0 amide bonds. The van der Waals surface area contributed by atoms with Crippen LogP contribution < -0.4 is 18.0 Å². The monoisotopic (exact) mass is 247 g/mol. The molecule has 0 atom stereocenters. The van der Waals surface area contributed by atoms with Crippen LogP contribution in [0.1, 0.15) is 0 Å². The Kier molecular flexibility index (Phi) is 6.85. The Labute approximate surface area is 84.2 Å². The Morgan fingerprint density at radius 3 is 2.30 bits per heavy atom. The molecule has 10 heavy (non-hydrogen) atoms. The molecule has 0 aromatic carbocycles. The van der Waals surface area contributed by atoms with Crippen molar-refractivity contribution in [2.24, 2.45) is 7.05 Å². The molecule has 2 nitrogen and oxygen atoms in total. The molecule has 0 fully saturated rings. The molecule has 0 N–H and O–H groups in total. The predicted molar refractivity (Wildman–Crippen MR) is 34.6 cm³/mol. The molecule has 0 spiro atoms. The van der Waals surface area contributed by atoms with Gasteiger partial charge in [-0.3, -0.25) is 8.75 Å². The topological polar surface area (TPSA) is 22.0 Å². The Bertz CT molecular complexity index is 246. The fourth-order valence-electron chi connectivity index (χ4n) is 0.390. The Morgan fingerprint density at radius 2 is 2.20 bits per heavy atom. The maximum absolute atomic E-state index is 10.5. The van der Waals surface area contributed by atoms with E-state index in [1.807, 2.05) is 0 Å². The number of aryl methyl sites for hydroxylation is 1. The summed E-state index contributed by atoms with van der Waals surface area (Å²) in [7, 11) is 1.68. The zero-order valence-corrected chi connectivity index (χ0v) is 8.17. The molecule has 1 heterocycles. The molecule has 0 aliphatic carbocycles. The van der Waals surface area contributed by atoms with Gasteiger partial charge < -0.3 is 12.4 Å². The van der Waals surface area contributed by atoms with Crippen LogP contribution in [0.3, 0.4) is 0 Å². The molecule has 0 unspecified atom stereocenters. The molecule has 1 aromatic heterocycles. The summed E-state index contributed by atoms with van der Waals surface area (Å²) < 4.78 is 2.01. The summed E-state index contributed by atoms with van der Waals surface area (Å²) in [6, 6.07) is 1.40. The second kappa shape index (κ2) is 5.22.